The lowest BCUT2D eigenvalue weighted by atomic mass is 10.1. The van der Waals surface area contributed by atoms with Crippen LogP contribution in [-0.4, -0.2) is 31.1 Å². The second-order valence-electron chi connectivity index (χ2n) is 5.39. The number of hydrogen-bond donors (Lipinski definition) is 2. The number of aliphatic imine (C=N–C) groups is 1. The van der Waals surface area contributed by atoms with Crippen molar-refractivity contribution in [2.45, 2.75) is 40.2 Å². The van der Waals surface area contributed by atoms with E-state index in [1.54, 1.807) is 7.05 Å². The molecule has 0 unspecified atom stereocenters. The molecule has 1 rings (SSSR count). The molecular weight excluding hydrogens is 264 g/mol. The van der Waals surface area contributed by atoms with Crippen molar-refractivity contribution < 1.29 is 4.74 Å². The van der Waals surface area contributed by atoms with E-state index in [9.17, 15) is 0 Å². The number of rotatable bonds is 8. The predicted molar refractivity (Wildman–Crippen MR) is 87.7 cm³/mol. The molecule has 1 aromatic rings. The maximum absolute atomic E-state index is 5.46. The first-order chi connectivity index (χ1) is 10.2. The van der Waals surface area contributed by atoms with Crippen molar-refractivity contribution in [2.75, 3.05) is 20.2 Å². The fourth-order valence-electron chi connectivity index (χ4n) is 1.69. The summed E-state index contributed by atoms with van der Waals surface area (Å²) in [6.45, 7) is 8.84. The molecule has 5 nitrogen and oxygen atoms in total. The lowest BCUT2D eigenvalue weighted by Crippen LogP contribution is -2.37. The Balaban J connectivity index is 2.35. The van der Waals surface area contributed by atoms with Crippen LogP contribution in [0.1, 0.15) is 39.2 Å². The zero-order chi connectivity index (χ0) is 15.5. The summed E-state index contributed by atoms with van der Waals surface area (Å²) in [5, 5.41) is 6.58. The second-order valence-corrected chi connectivity index (χ2v) is 5.39. The van der Waals surface area contributed by atoms with E-state index < -0.39 is 0 Å². The molecule has 21 heavy (non-hydrogen) atoms. The van der Waals surface area contributed by atoms with Crippen molar-refractivity contribution in [3.8, 4) is 5.88 Å². The zero-order valence-corrected chi connectivity index (χ0v) is 13.6. The molecule has 0 aliphatic heterocycles. The smallest absolute Gasteiger partial charge is 0.213 e. The highest BCUT2D eigenvalue weighted by Gasteiger charge is 2.00. The van der Waals surface area contributed by atoms with Crippen LogP contribution in [0.2, 0.25) is 0 Å². The topological polar surface area (TPSA) is 58.5 Å². The molecule has 0 aliphatic carbocycles. The van der Waals surface area contributed by atoms with E-state index in [1.165, 1.54) is 0 Å². The first kappa shape index (κ1) is 17.3. The molecule has 5 heteroatoms. The van der Waals surface area contributed by atoms with Gasteiger partial charge in [-0.2, -0.15) is 0 Å². The third-order valence-electron chi connectivity index (χ3n) is 2.95. The first-order valence-electron chi connectivity index (χ1n) is 7.68. The van der Waals surface area contributed by atoms with Gasteiger partial charge in [0, 0.05) is 32.4 Å². The van der Waals surface area contributed by atoms with E-state index >= 15 is 0 Å². The van der Waals surface area contributed by atoms with E-state index in [0.29, 0.717) is 24.9 Å². The molecule has 0 amide bonds. The van der Waals surface area contributed by atoms with Gasteiger partial charge in [0.1, 0.15) is 0 Å². The van der Waals surface area contributed by atoms with Gasteiger partial charge in [-0.15, -0.1) is 0 Å². The van der Waals surface area contributed by atoms with Gasteiger partial charge in [0.05, 0.1) is 6.61 Å². The summed E-state index contributed by atoms with van der Waals surface area (Å²) in [6, 6.07) is 3.92. The highest BCUT2D eigenvalue weighted by atomic mass is 16.5. The summed E-state index contributed by atoms with van der Waals surface area (Å²) in [6.07, 6.45) is 3.95. The van der Waals surface area contributed by atoms with Crippen molar-refractivity contribution in [3.63, 3.8) is 0 Å². The summed E-state index contributed by atoms with van der Waals surface area (Å²) in [5.41, 5.74) is 1.10. The van der Waals surface area contributed by atoms with Crippen molar-refractivity contribution in [1.82, 2.24) is 15.6 Å². The fourth-order valence-corrected chi connectivity index (χ4v) is 1.69. The molecule has 0 bridgehead atoms. The normalized spacial score (nSPS) is 11.6. The van der Waals surface area contributed by atoms with Crippen LogP contribution in [0.4, 0.5) is 0 Å². The van der Waals surface area contributed by atoms with E-state index in [-0.39, 0.29) is 0 Å². The van der Waals surface area contributed by atoms with Gasteiger partial charge in [-0.3, -0.25) is 4.99 Å². The minimum atomic E-state index is 0.681. The highest BCUT2D eigenvalue weighted by Crippen LogP contribution is 2.07. The molecule has 1 heterocycles. The molecule has 0 saturated heterocycles. The summed E-state index contributed by atoms with van der Waals surface area (Å²) in [4.78, 5) is 8.49. The van der Waals surface area contributed by atoms with Crippen LogP contribution in [0.25, 0.3) is 0 Å². The Hall–Kier alpha value is -1.78. The van der Waals surface area contributed by atoms with Gasteiger partial charge in [0.15, 0.2) is 5.96 Å². The average molecular weight is 292 g/mol. The van der Waals surface area contributed by atoms with Crippen molar-refractivity contribution >= 4 is 5.96 Å². The van der Waals surface area contributed by atoms with Crippen LogP contribution in [0.5, 0.6) is 5.88 Å². The molecular formula is C16H28N4O. The Morgan fingerprint density at radius 1 is 1.33 bits per heavy atom. The molecule has 0 aromatic carbocycles. The van der Waals surface area contributed by atoms with Gasteiger partial charge in [-0.1, -0.05) is 26.8 Å². The molecule has 2 N–H and O–H groups in total. The predicted octanol–water partition coefficient (Wildman–Crippen LogP) is 2.58. The lowest BCUT2D eigenvalue weighted by molar-refractivity contribution is 0.305. The van der Waals surface area contributed by atoms with Gasteiger partial charge in [-0.25, -0.2) is 4.98 Å². The second kappa shape index (κ2) is 10.0. The number of aromatic nitrogens is 1. The van der Waals surface area contributed by atoms with Crippen molar-refractivity contribution in [2.24, 2.45) is 10.9 Å². The quantitative estimate of drug-likeness (QED) is 0.571. The van der Waals surface area contributed by atoms with Crippen LogP contribution in [0.15, 0.2) is 23.3 Å². The third-order valence-corrected chi connectivity index (χ3v) is 2.95. The Morgan fingerprint density at radius 3 is 2.71 bits per heavy atom. The Labute approximate surface area is 128 Å². The van der Waals surface area contributed by atoms with Crippen LogP contribution < -0.4 is 15.4 Å². The zero-order valence-electron chi connectivity index (χ0n) is 13.6. The molecule has 0 aliphatic rings. The Morgan fingerprint density at radius 2 is 2.14 bits per heavy atom. The van der Waals surface area contributed by atoms with Crippen LogP contribution >= 0.6 is 0 Å². The summed E-state index contributed by atoms with van der Waals surface area (Å²) < 4.78 is 5.46. The van der Waals surface area contributed by atoms with E-state index in [2.05, 4.69) is 41.4 Å². The number of hydrogen-bond acceptors (Lipinski definition) is 3. The van der Waals surface area contributed by atoms with Crippen LogP contribution in [0.3, 0.4) is 0 Å². The minimum absolute atomic E-state index is 0.681. The van der Waals surface area contributed by atoms with Gasteiger partial charge in [-0.05, 0) is 24.3 Å². The molecule has 0 spiro atoms. The van der Waals surface area contributed by atoms with Crippen LogP contribution in [-0.2, 0) is 6.54 Å². The molecule has 1 aromatic heterocycles. The van der Waals surface area contributed by atoms with Crippen molar-refractivity contribution in [3.05, 3.63) is 23.9 Å². The minimum Gasteiger partial charge on any atom is -0.478 e. The number of pyridine rings is 1. The van der Waals surface area contributed by atoms with Gasteiger partial charge >= 0.3 is 0 Å². The fraction of sp³-hybridized carbons (Fsp3) is 0.625. The summed E-state index contributed by atoms with van der Waals surface area (Å²) >= 11 is 0. The SMILES string of the molecule is CCCOc1ccc(CNC(=NC)NCCC(C)C)cn1. The summed E-state index contributed by atoms with van der Waals surface area (Å²) in [7, 11) is 1.78. The van der Waals surface area contributed by atoms with E-state index in [1.807, 2.05) is 18.3 Å². The lowest BCUT2D eigenvalue weighted by Gasteiger charge is -2.13. The Bertz CT molecular complexity index is 415. The summed E-state index contributed by atoms with van der Waals surface area (Å²) in [5.74, 6) is 2.19. The Kier molecular flexibility index (Phi) is 8.24. The number of ether oxygens (including phenoxy) is 1. The van der Waals surface area contributed by atoms with Crippen molar-refractivity contribution in [1.29, 1.82) is 0 Å². The molecule has 0 radical (unpaired) electrons. The van der Waals surface area contributed by atoms with Gasteiger partial charge in [0.2, 0.25) is 5.88 Å². The first-order valence-corrected chi connectivity index (χ1v) is 7.68. The highest BCUT2D eigenvalue weighted by molar-refractivity contribution is 5.79. The average Bonchev–Trinajstić information content (AvgIpc) is 2.49. The van der Waals surface area contributed by atoms with Gasteiger partial charge in [0.25, 0.3) is 0 Å². The largest absolute Gasteiger partial charge is 0.478 e. The maximum Gasteiger partial charge on any atom is 0.213 e. The monoisotopic (exact) mass is 292 g/mol. The van der Waals surface area contributed by atoms with E-state index in [4.69, 9.17) is 4.74 Å². The molecule has 0 saturated carbocycles. The van der Waals surface area contributed by atoms with Crippen LogP contribution in [0, 0.1) is 5.92 Å². The number of nitrogens with one attached hydrogen (secondary N) is 2. The maximum atomic E-state index is 5.46. The molecule has 0 atom stereocenters. The molecule has 118 valence electrons. The van der Waals surface area contributed by atoms with Gasteiger partial charge < -0.3 is 15.4 Å². The van der Waals surface area contributed by atoms with E-state index in [0.717, 1.165) is 30.9 Å². The third kappa shape index (κ3) is 7.54. The number of nitrogens with zero attached hydrogens (tertiary/aromatic N) is 2. The number of guanidine groups is 1. The standard InChI is InChI=1S/C16H28N4O/c1-5-10-21-15-7-6-14(11-19-15)12-20-16(17-4)18-9-8-13(2)3/h6-7,11,13H,5,8-10,12H2,1-4H3,(H2,17,18,20). The molecule has 0 fully saturated rings.